The molecule has 0 spiro atoms. The quantitative estimate of drug-likeness (QED) is 0.621. The minimum Gasteiger partial charge on any atom is -0.299 e. The van der Waals surface area contributed by atoms with E-state index in [0.29, 0.717) is 0 Å². The van der Waals surface area contributed by atoms with Crippen molar-refractivity contribution in [3.63, 3.8) is 0 Å². The van der Waals surface area contributed by atoms with Crippen LogP contribution in [0.4, 0.5) is 0 Å². The Morgan fingerprint density at radius 2 is 1.95 bits per heavy atom. The second-order valence-corrected chi connectivity index (χ2v) is 4.86. The lowest BCUT2D eigenvalue weighted by Crippen LogP contribution is -2.02. The van der Waals surface area contributed by atoms with Gasteiger partial charge in [-0.25, -0.2) is 4.68 Å². The lowest BCUT2D eigenvalue weighted by molar-refractivity contribution is -0.104. The Morgan fingerprint density at radius 3 is 2.63 bits per heavy atom. The Bertz CT molecular complexity index is 651. The first-order valence-electron chi connectivity index (χ1n) is 6.29. The highest BCUT2D eigenvalue weighted by Gasteiger charge is 2.09. The Labute approximate surface area is 113 Å². The summed E-state index contributed by atoms with van der Waals surface area (Å²) in [6.45, 7) is 8.06. The highest BCUT2D eigenvalue weighted by atomic mass is 16.1. The van der Waals surface area contributed by atoms with Crippen LogP contribution in [0.15, 0.2) is 30.3 Å². The number of hydrogen-bond donors (Lipinski definition) is 0. The van der Waals surface area contributed by atoms with Crippen LogP contribution in [0.25, 0.3) is 11.3 Å². The largest absolute Gasteiger partial charge is 0.299 e. The topological polar surface area (TPSA) is 34.9 Å². The van der Waals surface area contributed by atoms with Gasteiger partial charge in [-0.05, 0) is 62.6 Å². The minimum absolute atomic E-state index is 0.793. The summed E-state index contributed by atoms with van der Waals surface area (Å²) in [7, 11) is 0. The first-order chi connectivity index (χ1) is 9.02. The summed E-state index contributed by atoms with van der Waals surface area (Å²) in [5.74, 6) is 0. The van der Waals surface area contributed by atoms with Gasteiger partial charge in [0.2, 0.25) is 0 Å². The van der Waals surface area contributed by atoms with Crippen LogP contribution < -0.4 is 0 Å². The Morgan fingerprint density at radius 1 is 1.21 bits per heavy atom. The molecule has 0 bridgehead atoms. The third-order valence-electron chi connectivity index (χ3n) is 3.20. The molecule has 1 aromatic heterocycles. The molecule has 19 heavy (non-hydrogen) atoms. The Hall–Kier alpha value is -2.16. The molecule has 2 rings (SSSR count). The van der Waals surface area contributed by atoms with Crippen LogP contribution in [-0.2, 0) is 4.79 Å². The zero-order valence-electron chi connectivity index (χ0n) is 11.8. The fourth-order valence-corrected chi connectivity index (χ4v) is 2.05. The fourth-order valence-electron chi connectivity index (χ4n) is 2.05. The number of benzene rings is 1. The molecule has 98 valence electrons. The van der Waals surface area contributed by atoms with Crippen molar-refractivity contribution in [1.82, 2.24) is 9.78 Å². The van der Waals surface area contributed by atoms with E-state index in [9.17, 15) is 4.79 Å². The van der Waals surface area contributed by atoms with E-state index >= 15 is 0 Å². The van der Waals surface area contributed by atoms with Crippen molar-refractivity contribution in [2.24, 2.45) is 0 Å². The van der Waals surface area contributed by atoms with Crippen LogP contribution in [0.5, 0.6) is 0 Å². The second kappa shape index (κ2) is 5.22. The lowest BCUT2D eigenvalue weighted by Gasteiger charge is -2.09. The maximum absolute atomic E-state index is 10.5. The average Bonchev–Trinajstić information content (AvgIpc) is 2.75. The first kappa shape index (κ1) is 13.3. The third kappa shape index (κ3) is 2.65. The molecule has 0 radical (unpaired) electrons. The molecule has 0 atom stereocenters. The van der Waals surface area contributed by atoms with Gasteiger partial charge in [0.25, 0.3) is 0 Å². The van der Waals surface area contributed by atoms with E-state index in [-0.39, 0.29) is 0 Å². The summed E-state index contributed by atoms with van der Waals surface area (Å²) < 4.78 is 1.93. The number of rotatable bonds is 3. The highest BCUT2D eigenvalue weighted by Crippen LogP contribution is 2.20. The predicted octanol–water partition coefficient (Wildman–Crippen LogP) is 3.40. The fraction of sp³-hybridized carbons (Fsp3) is 0.250. The highest BCUT2D eigenvalue weighted by molar-refractivity contribution is 5.79. The number of hydrogen-bond acceptors (Lipinski definition) is 2. The molecule has 2 aromatic rings. The number of nitrogens with zero attached hydrogens (tertiary/aromatic N) is 2. The molecular formula is C16H18N2O. The van der Waals surface area contributed by atoms with E-state index in [1.54, 1.807) is 0 Å². The van der Waals surface area contributed by atoms with Crippen LogP contribution in [0, 0.1) is 20.8 Å². The third-order valence-corrected chi connectivity index (χ3v) is 3.20. The van der Waals surface area contributed by atoms with E-state index in [1.165, 1.54) is 17.2 Å². The van der Waals surface area contributed by atoms with Gasteiger partial charge in [-0.3, -0.25) is 4.79 Å². The molecule has 0 amide bonds. The molecule has 0 aliphatic heterocycles. The van der Waals surface area contributed by atoms with E-state index < -0.39 is 0 Å². The normalized spacial score (nSPS) is 11.7. The summed E-state index contributed by atoms with van der Waals surface area (Å²) in [6.07, 6.45) is 2.33. The van der Waals surface area contributed by atoms with Crippen molar-refractivity contribution in [1.29, 1.82) is 0 Å². The summed E-state index contributed by atoms with van der Waals surface area (Å²) in [5.41, 5.74) is 6.25. The zero-order valence-corrected chi connectivity index (χ0v) is 11.8. The molecule has 3 nitrogen and oxygen atoms in total. The van der Waals surface area contributed by atoms with E-state index in [2.05, 4.69) is 37.1 Å². The van der Waals surface area contributed by atoms with Crippen molar-refractivity contribution in [2.45, 2.75) is 27.7 Å². The summed E-state index contributed by atoms with van der Waals surface area (Å²) in [4.78, 5) is 10.5. The molecule has 0 saturated carbocycles. The maximum atomic E-state index is 10.5. The summed E-state index contributed by atoms with van der Waals surface area (Å²) >= 11 is 0. The molecule has 0 N–H and O–H groups in total. The van der Waals surface area contributed by atoms with Gasteiger partial charge in [-0.2, -0.15) is 5.10 Å². The van der Waals surface area contributed by atoms with Gasteiger partial charge >= 0.3 is 0 Å². The molecule has 1 heterocycles. The van der Waals surface area contributed by atoms with Crippen molar-refractivity contribution < 1.29 is 4.79 Å². The van der Waals surface area contributed by atoms with Crippen LogP contribution in [0.1, 0.15) is 29.4 Å². The predicted molar refractivity (Wildman–Crippen MR) is 77.5 cm³/mol. The van der Waals surface area contributed by atoms with Crippen molar-refractivity contribution in [3.05, 3.63) is 52.9 Å². The van der Waals surface area contributed by atoms with E-state index in [4.69, 9.17) is 0 Å². The molecule has 0 fully saturated rings. The van der Waals surface area contributed by atoms with Crippen LogP contribution in [-0.4, -0.2) is 16.1 Å². The molecular weight excluding hydrogens is 236 g/mol. The van der Waals surface area contributed by atoms with Crippen LogP contribution in [0.3, 0.4) is 0 Å². The van der Waals surface area contributed by atoms with E-state index in [1.807, 2.05) is 24.6 Å². The number of aromatic nitrogens is 2. The molecule has 3 heteroatoms. The second-order valence-electron chi connectivity index (χ2n) is 4.86. The van der Waals surface area contributed by atoms with Crippen molar-refractivity contribution in [2.75, 3.05) is 0 Å². The smallest absolute Gasteiger partial charge is 0.143 e. The number of carbonyl (C=O) groups excluding carboxylic acids is 1. The SMILES string of the molecule is C/C(=C\C=O)c1cc(C)n(-c2cc(C)ccc2C)n1. The van der Waals surface area contributed by atoms with Gasteiger partial charge in [0.05, 0.1) is 11.4 Å². The molecule has 0 aliphatic rings. The van der Waals surface area contributed by atoms with Gasteiger partial charge in [0, 0.05) is 5.69 Å². The van der Waals surface area contributed by atoms with Gasteiger partial charge in [0.15, 0.2) is 0 Å². The molecule has 1 aromatic carbocycles. The summed E-state index contributed by atoms with van der Waals surface area (Å²) in [5, 5.41) is 4.59. The van der Waals surface area contributed by atoms with E-state index in [0.717, 1.165) is 28.9 Å². The van der Waals surface area contributed by atoms with Crippen molar-refractivity contribution in [3.8, 4) is 5.69 Å². The monoisotopic (exact) mass is 254 g/mol. The standard InChI is InChI=1S/C16H18N2O/c1-11-5-6-13(3)16(9-11)18-14(4)10-15(17-18)12(2)7-8-19/h5-10H,1-4H3/b12-7+. The molecule has 0 unspecified atom stereocenters. The number of aldehydes is 1. The number of carbonyl (C=O) groups is 1. The number of aryl methyl sites for hydroxylation is 3. The zero-order chi connectivity index (χ0) is 14.0. The molecule has 0 aliphatic carbocycles. The molecule has 0 saturated heterocycles. The van der Waals surface area contributed by atoms with Gasteiger partial charge in [-0.15, -0.1) is 0 Å². The average molecular weight is 254 g/mol. The lowest BCUT2D eigenvalue weighted by atomic mass is 10.1. The summed E-state index contributed by atoms with van der Waals surface area (Å²) in [6, 6.07) is 8.31. The minimum atomic E-state index is 0.793. The van der Waals surface area contributed by atoms with Gasteiger partial charge in [0.1, 0.15) is 6.29 Å². The maximum Gasteiger partial charge on any atom is 0.143 e. The van der Waals surface area contributed by atoms with Gasteiger partial charge in [-0.1, -0.05) is 12.1 Å². The Kier molecular flexibility index (Phi) is 3.65. The van der Waals surface area contributed by atoms with Gasteiger partial charge < -0.3 is 0 Å². The Balaban J connectivity index is 2.55. The van der Waals surface area contributed by atoms with Crippen LogP contribution in [0.2, 0.25) is 0 Å². The van der Waals surface area contributed by atoms with Crippen molar-refractivity contribution >= 4 is 11.9 Å². The first-order valence-corrected chi connectivity index (χ1v) is 6.29. The number of allylic oxidation sites excluding steroid dienone is 2. The van der Waals surface area contributed by atoms with Crippen LogP contribution >= 0.6 is 0 Å².